The second kappa shape index (κ2) is 10.1. The van der Waals surface area contributed by atoms with E-state index in [1.807, 2.05) is 38.1 Å². The highest BCUT2D eigenvalue weighted by molar-refractivity contribution is 14.0. The first-order valence-electron chi connectivity index (χ1n) is 8.36. The minimum atomic E-state index is -2.92. The van der Waals surface area contributed by atoms with Crippen molar-refractivity contribution in [2.24, 2.45) is 10.9 Å². The number of nitrogens with zero attached hydrogens (tertiary/aromatic N) is 1. The number of anilines is 1. The van der Waals surface area contributed by atoms with Crippen molar-refractivity contribution in [2.45, 2.75) is 32.9 Å². The van der Waals surface area contributed by atoms with Crippen molar-refractivity contribution in [1.29, 1.82) is 0 Å². The molecule has 1 aliphatic rings. The molecule has 1 saturated heterocycles. The van der Waals surface area contributed by atoms with Gasteiger partial charge in [-0.25, -0.2) is 8.42 Å². The van der Waals surface area contributed by atoms with E-state index in [9.17, 15) is 13.2 Å². The monoisotopic (exact) mass is 494 g/mol. The summed E-state index contributed by atoms with van der Waals surface area (Å²) in [4.78, 5) is 15.8. The molecule has 1 aromatic rings. The van der Waals surface area contributed by atoms with Crippen LogP contribution in [0.4, 0.5) is 5.69 Å². The molecular weight excluding hydrogens is 467 g/mol. The van der Waals surface area contributed by atoms with Gasteiger partial charge in [0.25, 0.3) is 0 Å². The maximum Gasteiger partial charge on any atom is 0.226 e. The predicted octanol–water partition coefficient (Wildman–Crippen LogP) is 1.75. The fourth-order valence-corrected chi connectivity index (χ4v) is 4.15. The average Bonchev–Trinajstić information content (AvgIpc) is 2.91. The van der Waals surface area contributed by atoms with E-state index in [1.165, 1.54) is 0 Å². The summed E-state index contributed by atoms with van der Waals surface area (Å²) < 4.78 is 23.0. The van der Waals surface area contributed by atoms with Gasteiger partial charge in [-0.2, -0.15) is 0 Å². The van der Waals surface area contributed by atoms with Crippen molar-refractivity contribution in [3.05, 3.63) is 29.8 Å². The lowest BCUT2D eigenvalue weighted by molar-refractivity contribution is -0.118. The summed E-state index contributed by atoms with van der Waals surface area (Å²) in [7, 11) is -1.26. The lowest BCUT2D eigenvalue weighted by atomic mass is 10.1. The Morgan fingerprint density at radius 3 is 2.42 bits per heavy atom. The third-order valence-electron chi connectivity index (χ3n) is 4.00. The zero-order valence-electron chi connectivity index (χ0n) is 15.3. The van der Waals surface area contributed by atoms with E-state index in [1.54, 1.807) is 7.05 Å². The van der Waals surface area contributed by atoms with Crippen molar-refractivity contribution < 1.29 is 13.2 Å². The maximum atomic E-state index is 11.7. The zero-order chi connectivity index (χ0) is 18.4. The summed E-state index contributed by atoms with van der Waals surface area (Å²) in [5.41, 5.74) is 1.80. The standard InChI is InChI=1S/C17H26N4O3S.HI/c1-12(2)16(22)20-14-6-4-13(5-7-14)10-19-17(18-3)21-15-8-9-25(23,24)11-15;/h4-7,12,15H,8-11H2,1-3H3,(H,20,22)(H2,18,19,21);1H. The summed E-state index contributed by atoms with van der Waals surface area (Å²) in [5.74, 6) is 0.889. The minimum absolute atomic E-state index is 0. The number of nitrogens with one attached hydrogen (secondary N) is 3. The van der Waals surface area contributed by atoms with Crippen LogP contribution in [0.25, 0.3) is 0 Å². The lowest BCUT2D eigenvalue weighted by Crippen LogP contribution is -2.43. The van der Waals surface area contributed by atoms with E-state index >= 15 is 0 Å². The third-order valence-corrected chi connectivity index (χ3v) is 5.77. The number of rotatable bonds is 5. The molecule has 146 valence electrons. The molecular formula is C17H27IN4O3S. The van der Waals surface area contributed by atoms with Crippen LogP contribution < -0.4 is 16.0 Å². The molecule has 0 saturated carbocycles. The first kappa shape index (κ1) is 22.7. The van der Waals surface area contributed by atoms with Gasteiger partial charge in [-0.05, 0) is 24.1 Å². The first-order chi connectivity index (χ1) is 11.8. The predicted molar refractivity (Wildman–Crippen MR) is 116 cm³/mol. The second-order valence-corrected chi connectivity index (χ2v) is 8.74. The van der Waals surface area contributed by atoms with Gasteiger partial charge in [0.05, 0.1) is 11.5 Å². The Balaban J connectivity index is 0.00000338. The van der Waals surface area contributed by atoms with Gasteiger partial charge in [0, 0.05) is 31.2 Å². The highest BCUT2D eigenvalue weighted by Crippen LogP contribution is 2.12. The lowest BCUT2D eigenvalue weighted by Gasteiger charge is -2.16. The van der Waals surface area contributed by atoms with Gasteiger partial charge in [-0.3, -0.25) is 9.79 Å². The molecule has 26 heavy (non-hydrogen) atoms. The number of hydrogen-bond donors (Lipinski definition) is 3. The minimum Gasteiger partial charge on any atom is -0.353 e. The Bertz CT molecular complexity index is 733. The summed E-state index contributed by atoms with van der Waals surface area (Å²) in [6.07, 6.45) is 0.604. The molecule has 3 N–H and O–H groups in total. The van der Waals surface area contributed by atoms with Crippen molar-refractivity contribution in [3.63, 3.8) is 0 Å². The van der Waals surface area contributed by atoms with Crippen LogP contribution in [0.1, 0.15) is 25.8 Å². The van der Waals surface area contributed by atoms with Gasteiger partial charge >= 0.3 is 0 Å². The smallest absolute Gasteiger partial charge is 0.226 e. The van der Waals surface area contributed by atoms with E-state index in [0.29, 0.717) is 18.9 Å². The Hall–Kier alpha value is -1.36. The molecule has 0 aliphatic carbocycles. The molecule has 0 radical (unpaired) electrons. The summed E-state index contributed by atoms with van der Waals surface area (Å²) in [6.45, 7) is 4.25. The van der Waals surface area contributed by atoms with Gasteiger partial charge in [0.1, 0.15) is 0 Å². The van der Waals surface area contributed by atoms with Crippen LogP contribution >= 0.6 is 24.0 Å². The molecule has 1 atom stereocenters. The average molecular weight is 494 g/mol. The number of carbonyl (C=O) groups excluding carboxylic acids is 1. The largest absolute Gasteiger partial charge is 0.353 e. The van der Waals surface area contributed by atoms with E-state index in [0.717, 1.165) is 11.3 Å². The molecule has 1 aliphatic heterocycles. The number of benzene rings is 1. The Morgan fingerprint density at radius 1 is 1.27 bits per heavy atom. The van der Waals surface area contributed by atoms with Gasteiger partial charge in [0.2, 0.25) is 5.91 Å². The maximum absolute atomic E-state index is 11.7. The number of carbonyl (C=O) groups is 1. The molecule has 9 heteroatoms. The molecule has 1 fully saturated rings. The van der Waals surface area contributed by atoms with Crippen LogP contribution in [0.5, 0.6) is 0 Å². The second-order valence-electron chi connectivity index (χ2n) is 6.51. The number of hydrogen-bond acceptors (Lipinski definition) is 4. The fourth-order valence-electron chi connectivity index (χ4n) is 2.48. The van der Waals surface area contributed by atoms with Gasteiger partial charge in [-0.1, -0.05) is 26.0 Å². The van der Waals surface area contributed by atoms with Crippen molar-refractivity contribution in [1.82, 2.24) is 10.6 Å². The SMILES string of the molecule is CN=C(NCc1ccc(NC(=O)C(C)C)cc1)NC1CCS(=O)(=O)C1.I. The normalized spacial score (nSPS) is 18.9. The van der Waals surface area contributed by atoms with Crippen LogP contribution in [0, 0.1) is 5.92 Å². The van der Waals surface area contributed by atoms with Gasteiger partial charge in [0.15, 0.2) is 15.8 Å². The molecule has 1 amide bonds. The number of guanidine groups is 1. The third kappa shape index (κ3) is 7.10. The van der Waals surface area contributed by atoms with Crippen LogP contribution in [-0.2, 0) is 21.2 Å². The van der Waals surface area contributed by atoms with Crippen molar-refractivity contribution >= 4 is 51.4 Å². The van der Waals surface area contributed by atoms with Gasteiger partial charge < -0.3 is 16.0 Å². The summed E-state index contributed by atoms with van der Waals surface area (Å²) in [6, 6.07) is 7.48. The highest BCUT2D eigenvalue weighted by atomic mass is 127. The van der Waals surface area contributed by atoms with Gasteiger partial charge in [-0.15, -0.1) is 24.0 Å². The highest BCUT2D eigenvalue weighted by Gasteiger charge is 2.28. The first-order valence-corrected chi connectivity index (χ1v) is 10.2. The molecule has 2 rings (SSSR count). The molecule has 0 aromatic heterocycles. The quantitative estimate of drug-likeness (QED) is 0.329. The number of aliphatic imine (C=N–C) groups is 1. The van der Waals surface area contributed by atoms with Crippen LogP contribution in [0.2, 0.25) is 0 Å². The fraction of sp³-hybridized carbons (Fsp3) is 0.529. The van der Waals surface area contributed by atoms with E-state index < -0.39 is 9.84 Å². The molecule has 7 nitrogen and oxygen atoms in total. The van der Waals surface area contributed by atoms with Crippen molar-refractivity contribution in [2.75, 3.05) is 23.9 Å². The Labute approximate surface area is 172 Å². The molecule has 0 spiro atoms. The Kier molecular flexibility index (Phi) is 8.81. The molecule has 1 heterocycles. The zero-order valence-corrected chi connectivity index (χ0v) is 18.4. The van der Waals surface area contributed by atoms with E-state index in [2.05, 4.69) is 20.9 Å². The number of amides is 1. The Morgan fingerprint density at radius 2 is 1.92 bits per heavy atom. The van der Waals surface area contributed by atoms with Crippen molar-refractivity contribution in [3.8, 4) is 0 Å². The molecule has 1 unspecified atom stereocenters. The topological polar surface area (TPSA) is 99.7 Å². The van der Waals surface area contributed by atoms with Crippen LogP contribution in [0.15, 0.2) is 29.3 Å². The van der Waals surface area contributed by atoms with E-state index in [-0.39, 0.29) is 53.3 Å². The molecule has 0 bridgehead atoms. The summed E-state index contributed by atoms with van der Waals surface area (Å²) >= 11 is 0. The summed E-state index contributed by atoms with van der Waals surface area (Å²) in [5, 5.41) is 9.17. The number of sulfone groups is 1. The van der Waals surface area contributed by atoms with Crippen LogP contribution in [0.3, 0.4) is 0 Å². The van der Waals surface area contributed by atoms with Crippen LogP contribution in [-0.4, -0.2) is 44.9 Å². The number of halogens is 1. The molecule has 1 aromatic carbocycles. The van der Waals surface area contributed by atoms with E-state index in [4.69, 9.17) is 0 Å².